The van der Waals surface area contributed by atoms with Crippen LogP contribution in [0.1, 0.15) is 29.3 Å². The fraction of sp³-hybridized carbons (Fsp3) is 0.235. The Morgan fingerprint density at radius 1 is 1.24 bits per heavy atom. The zero-order valence-corrected chi connectivity index (χ0v) is 13.7. The van der Waals surface area contributed by atoms with Gasteiger partial charge >= 0.3 is 0 Å². The molecule has 3 nitrogen and oxygen atoms in total. The lowest BCUT2D eigenvalue weighted by Crippen LogP contribution is -2.14. The van der Waals surface area contributed by atoms with E-state index in [-0.39, 0.29) is 5.91 Å². The summed E-state index contributed by atoms with van der Waals surface area (Å²) >= 11 is 3.40. The standard InChI is InChI=1S/C17H18BrNO2/c1-3-10-21-16-9-8-13(18)11-14(16)17(20)19-15-7-5-4-6-12(15)2/h4-9,11H,3,10H2,1-2H3,(H,19,20). The van der Waals surface area contributed by atoms with Crippen LogP contribution in [-0.4, -0.2) is 12.5 Å². The summed E-state index contributed by atoms with van der Waals surface area (Å²) in [7, 11) is 0. The van der Waals surface area contributed by atoms with Gasteiger partial charge in [0.05, 0.1) is 12.2 Å². The maximum Gasteiger partial charge on any atom is 0.259 e. The summed E-state index contributed by atoms with van der Waals surface area (Å²) in [5, 5.41) is 2.93. The zero-order chi connectivity index (χ0) is 15.2. The van der Waals surface area contributed by atoms with Crippen molar-refractivity contribution in [3.05, 3.63) is 58.1 Å². The number of halogens is 1. The molecule has 1 amide bonds. The first kappa shape index (κ1) is 15.6. The van der Waals surface area contributed by atoms with Gasteiger partial charge < -0.3 is 10.1 Å². The van der Waals surface area contributed by atoms with E-state index >= 15 is 0 Å². The van der Waals surface area contributed by atoms with Gasteiger partial charge in [0.2, 0.25) is 0 Å². The minimum atomic E-state index is -0.170. The molecule has 0 bridgehead atoms. The van der Waals surface area contributed by atoms with Gasteiger partial charge in [0.15, 0.2) is 0 Å². The van der Waals surface area contributed by atoms with Crippen LogP contribution in [-0.2, 0) is 0 Å². The minimum Gasteiger partial charge on any atom is -0.493 e. The number of hydrogen-bond acceptors (Lipinski definition) is 2. The summed E-state index contributed by atoms with van der Waals surface area (Å²) in [4.78, 5) is 12.5. The second kappa shape index (κ2) is 7.27. The van der Waals surface area contributed by atoms with Gasteiger partial charge in [-0.25, -0.2) is 0 Å². The van der Waals surface area contributed by atoms with E-state index < -0.39 is 0 Å². The number of carbonyl (C=O) groups is 1. The zero-order valence-electron chi connectivity index (χ0n) is 12.2. The van der Waals surface area contributed by atoms with Crippen molar-refractivity contribution in [3.63, 3.8) is 0 Å². The topological polar surface area (TPSA) is 38.3 Å². The van der Waals surface area contributed by atoms with Crippen LogP contribution < -0.4 is 10.1 Å². The number of ether oxygens (including phenoxy) is 1. The predicted octanol–water partition coefficient (Wildman–Crippen LogP) is 4.80. The van der Waals surface area contributed by atoms with Crippen LogP contribution >= 0.6 is 15.9 Å². The monoisotopic (exact) mass is 347 g/mol. The Bertz CT molecular complexity index is 640. The van der Waals surface area contributed by atoms with Crippen LogP contribution in [0, 0.1) is 6.92 Å². The van der Waals surface area contributed by atoms with E-state index in [9.17, 15) is 4.79 Å². The normalized spacial score (nSPS) is 10.2. The summed E-state index contributed by atoms with van der Waals surface area (Å²) in [6.45, 7) is 4.59. The number of carbonyl (C=O) groups excluding carboxylic acids is 1. The molecule has 0 unspecified atom stereocenters. The molecule has 21 heavy (non-hydrogen) atoms. The SMILES string of the molecule is CCCOc1ccc(Br)cc1C(=O)Nc1ccccc1C. The molecule has 0 aliphatic heterocycles. The van der Waals surface area contributed by atoms with Gasteiger partial charge in [-0.15, -0.1) is 0 Å². The lowest BCUT2D eigenvalue weighted by molar-refractivity contribution is 0.102. The van der Waals surface area contributed by atoms with Crippen molar-refractivity contribution in [2.45, 2.75) is 20.3 Å². The van der Waals surface area contributed by atoms with E-state index in [1.54, 1.807) is 6.07 Å². The predicted molar refractivity (Wildman–Crippen MR) is 89.1 cm³/mol. The Balaban J connectivity index is 2.25. The highest BCUT2D eigenvalue weighted by Crippen LogP contribution is 2.25. The number of para-hydroxylation sites is 1. The molecular formula is C17H18BrNO2. The van der Waals surface area contributed by atoms with Crippen LogP contribution in [0.25, 0.3) is 0 Å². The second-order valence-electron chi connectivity index (χ2n) is 4.76. The molecule has 2 rings (SSSR count). The number of rotatable bonds is 5. The number of aryl methyl sites for hydroxylation is 1. The van der Waals surface area contributed by atoms with Crippen LogP contribution in [0.5, 0.6) is 5.75 Å². The molecule has 110 valence electrons. The van der Waals surface area contributed by atoms with Gasteiger partial charge in [-0.2, -0.15) is 0 Å². The number of anilines is 1. The molecule has 2 aromatic carbocycles. The van der Waals surface area contributed by atoms with Gasteiger partial charge in [-0.3, -0.25) is 4.79 Å². The second-order valence-corrected chi connectivity index (χ2v) is 5.67. The first-order chi connectivity index (χ1) is 10.1. The van der Waals surface area contributed by atoms with E-state index in [4.69, 9.17) is 4.74 Å². The van der Waals surface area contributed by atoms with E-state index in [0.29, 0.717) is 17.9 Å². The molecule has 0 saturated heterocycles. The molecule has 0 fully saturated rings. The third kappa shape index (κ3) is 4.08. The maximum absolute atomic E-state index is 12.5. The Morgan fingerprint density at radius 2 is 2.00 bits per heavy atom. The van der Waals surface area contributed by atoms with Crippen molar-refractivity contribution in [1.29, 1.82) is 0 Å². The molecule has 0 aliphatic rings. The quantitative estimate of drug-likeness (QED) is 0.843. The molecule has 1 N–H and O–H groups in total. The molecule has 0 spiro atoms. The van der Waals surface area contributed by atoms with Crippen LogP contribution in [0.3, 0.4) is 0 Å². The Morgan fingerprint density at radius 3 is 2.71 bits per heavy atom. The number of hydrogen-bond donors (Lipinski definition) is 1. The van der Waals surface area contributed by atoms with Gasteiger partial charge in [0, 0.05) is 10.2 Å². The molecule has 0 aromatic heterocycles. The van der Waals surface area contributed by atoms with Crippen LogP contribution in [0.15, 0.2) is 46.9 Å². The fourth-order valence-corrected chi connectivity index (χ4v) is 2.28. The van der Waals surface area contributed by atoms with Crippen molar-refractivity contribution < 1.29 is 9.53 Å². The average Bonchev–Trinajstić information content (AvgIpc) is 2.48. The lowest BCUT2D eigenvalue weighted by Gasteiger charge is -2.13. The molecule has 2 aromatic rings. The summed E-state index contributed by atoms with van der Waals surface area (Å²) < 4.78 is 6.50. The van der Waals surface area contributed by atoms with Gasteiger partial charge in [0.25, 0.3) is 5.91 Å². The number of nitrogens with one attached hydrogen (secondary N) is 1. The van der Waals surface area contributed by atoms with E-state index in [2.05, 4.69) is 21.2 Å². The molecular weight excluding hydrogens is 330 g/mol. The van der Waals surface area contributed by atoms with Crippen molar-refractivity contribution in [3.8, 4) is 5.75 Å². The Kier molecular flexibility index (Phi) is 5.39. The summed E-state index contributed by atoms with van der Waals surface area (Å²) in [6.07, 6.45) is 0.898. The molecule has 0 radical (unpaired) electrons. The molecule has 0 atom stereocenters. The largest absolute Gasteiger partial charge is 0.493 e. The Labute approximate surface area is 133 Å². The summed E-state index contributed by atoms with van der Waals surface area (Å²) in [6, 6.07) is 13.2. The first-order valence-corrected chi connectivity index (χ1v) is 7.70. The van der Waals surface area contributed by atoms with Crippen LogP contribution in [0.2, 0.25) is 0 Å². The van der Waals surface area contributed by atoms with E-state index in [1.807, 2.05) is 50.2 Å². The number of amides is 1. The van der Waals surface area contributed by atoms with Crippen molar-refractivity contribution in [2.24, 2.45) is 0 Å². The fourth-order valence-electron chi connectivity index (χ4n) is 1.92. The van der Waals surface area contributed by atoms with Crippen molar-refractivity contribution in [2.75, 3.05) is 11.9 Å². The van der Waals surface area contributed by atoms with Crippen LogP contribution in [0.4, 0.5) is 5.69 Å². The van der Waals surface area contributed by atoms with E-state index in [0.717, 1.165) is 22.1 Å². The number of benzene rings is 2. The molecule has 0 aliphatic carbocycles. The van der Waals surface area contributed by atoms with Gasteiger partial charge in [-0.1, -0.05) is 41.1 Å². The average molecular weight is 348 g/mol. The Hall–Kier alpha value is -1.81. The smallest absolute Gasteiger partial charge is 0.259 e. The van der Waals surface area contributed by atoms with Crippen molar-refractivity contribution in [1.82, 2.24) is 0 Å². The highest BCUT2D eigenvalue weighted by atomic mass is 79.9. The van der Waals surface area contributed by atoms with E-state index in [1.165, 1.54) is 0 Å². The summed E-state index contributed by atoms with van der Waals surface area (Å²) in [5.41, 5.74) is 2.36. The molecule has 0 heterocycles. The highest BCUT2D eigenvalue weighted by molar-refractivity contribution is 9.10. The summed E-state index contributed by atoms with van der Waals surface area (Å²) in [5.74, 6) is 0.433. The molecule has 4 heteroatoms. The van der Waals surface area contributed by atoms with Crippen molar-refractivity contribution >= 4 is 27.5 Å². The first-order valence-electron chi connectivity index (χ1n) is 6.91. The lowest BCUT2D eigenvalue weighted by atomic mass is 10.1. The van der Waals surface area contributed by atoms with Gasteiger partial charge in [-0.05, 0) is 43.2 Å². The minimum absolute atomic E-state index is 0.170. The highest BCUT2D eigenvalue weighted by Gasteiger charge is 2.14. The third-order valence-electron chi connectivity index (χ3n) is 3.04. The third-order valence-corrected chi connectivity index (χ3v) is 3.53. The maximum atomic E-state index is 12.5. The molecule has 0 saturated carbocycles. The van der Waals surface area contributed by atoms with Gasteiger partial charge in [0.1, 0.15) is 5.75 Å².